The number of benzene rings is 2. The van der Waals surface area contributed by atoms with E-state index in [-0.39, 0.29) is 16.9 Å². The van der Waals surface area contributed by atoms with Crippen LogP contribution in [0.2, 0.25) is 0 Å². The normalized spacial score (nSPS) is 10.4. The lowest BCUT2D eigenvalue weighted by Crippen LogP contribution is -2.07. The summed E-state index contributed by atoms with van der Waals surface area (Å²) in [6, 6.07) is 11.4. The Labute approximate surface area is 161 Å². The van der Waals surface area contributed by atoms with Gasteiger partial charge in [-0.1, -0.05) is 0 Å². The fourth-order valence-electron chi connectivity index (χ4n) is 2.86. The van der Waals surface area contributed by atoms with Crippen LogP contribution in [0.3, 0.4) is 0 Å². The van der Waals surface area contributed by atoms with E-state index in [0.29, 0.717) is 28.6 Å². The second-order valence-corrected chi connectivity index (χ2v) is 5.68. The fraction of sp³-hybridized carbons (Fsp3) is 0.190. The number of carbonyl (C=O) groups is 1. The Kier molecular flexibility index (Phi) is 5.84. The summed E-state index contributed by atoms with van der Waals surface area (Å²) in [5, 5.41) is 0. The summed E-state index contributed by atoms with van der Waals surface area (Å²) >= 11 is 0. The molecule has 3 rings (SSSR count). The van der Waals surface area contributed by atoms with E-state index in [1.165, 1.54) is 45.8 Å². The van der Waals surface area contributed by atoms with E-state index in [1.807, 2.05) is 0 Å². The summed E-state index contributed by atoms with van der Waals surface area (Å²) in [5.74, 6) is 1.34. The Morgan fingerprint density at radius 2 is 1.68 bits per heavy atom. The van der Waals surface area contributed by atoms with E-state index in [1.54, 1.807) is 24.3 Å². The van der Waals surface area contributed by atoms with Crippen molar-refractivity contribution in [1.82, 2.24) is 0 Å². The molecule has 0 radical (unpaired) electrons. The Hall–Kier alpha value is -3.48. The van der Waals surface area contributed by atoms with Gasteiger partial charge in [0.15, 0.2) is 17.3 Å². The van der Waals surface area contributed by atoms with E-state index in [0.717, 1.165) is 0 Å². The smallest absolute Gasteiger partial charge is 0.228 e. The molecule has 3 aromatic rings. The minimum Gasteiger partial charge on any atom is -0.493 e. The number of halogens is 1. The number of hydrogen-bond acceptors (Lipinski definition) is 6. The summed E-state index contributed by atoms with van der Waals surface area (Å²) in [6.45, 7) is -1.06. The largest absolute Gasteiger partial charge is 0.493 e. The first-order valence-electron chi connectivity index (χ1n) is 8.34. The number of ketones is 1. The summed E-state index contributed by atoms with van der Waals surface area (Å²) < 4.78 is 39.1. The summed E-state index contributed by atoms with van der Waals surface area (Å²) in [5.41, 5.74) is 1.11. The Balaban J connectivity index is 2.12. The van der Waals surface area contributed by atoms with Gasteiger partial charge in [-0.15, -0.1) is 0 Å². The lowest BCUT2D eigenvalue weighted by Gasteiger charge is -2.15. The average Bonchev–Trinajstić information content (AvgIpc) is 3.27. The van der Waals surface area contributed by atoms with E-state index in [9.17, 15) is 9.18 Å². The Bertz CT molecular complexity index is 940. The first kappa shape index (κ1) is 19.3. The van der Waals surface area contributed by atoms with Gasteiger partial charge in [-0.25, -0.2) is 4.39 Å². The molecule has 0 amide bonds. The molecular weight excluding hydrogens is 367 g/mol. The molecule has 0 fully saturated rings. The molecule has 0 aliphatic rings. The highest BCUT2D eigenvalue weighted by Gasteiger charge is 2.21. The number of rotatable bonds is 8. The summed E-state index contributed by atoms with van der Waals surface area (Å²) in [6.07, 6.45) is 1.53. The lowest BCUT2D eigenvalue weighted by atomic mass is 9.98. The van der Waals surface area contributed by atoms with Crippen molar-refractivity contribution in [2.75, 3.05) is 28.2 Å². The highest BCUT2D eigenvalue weighted by Crippen LogP contribution is 2.39. The van der Waals surface area contributed by atoms with Gasteiger partial charge in [0.05, 0.1) is 33.2 Å². The molecule has 0 saturated heterocycles. The zero-order valence-electron chi connectivity index (χ0n) is 15.7. The average molecular weight is 386 g/mol. The molecule has 1 aromatic heterocycles. The first-order valence-corrected chi connectivity index (χ1v) is 8.34. The molecule has 0 aliphatic heterocycles. The third-order valence-corrected chi connectivity index (χ3v) is 4.17. The van der Waals surface area contributed by atoms with E-state index in [4.69, 9.17) is 23.4 Å². The van der Waals surface area contributed by atoms with Gasteiger partial charge >= 0.3 is 0 Å². The molecule has 0 saturated carbocycles. The Morgan fingerprint density at radius 3 is 2.21 bits per heavy atom. The molecule has 6 nitrogen and oxygen atoms in total. The van der Waals surface area contributed by atoms with Gasteiger partial charge in [-0.05, 0) is 42.5 Å². The van der Waals surface area contributed by atoms with Crippen LogP contribution in [-0.4, -0.2) is 34.0 Å². The standard InChI is InChI=1S/C21H19FO6/c1-24-18-10-14(11-19(25-2)21(18)26-3)20(23)15-9-13(16-5-4-8-27-16)6-7-17(15)28-12-22/h4-11H,12H2,1-3H3. The molecular formula is C21H19FO6. The van der Waals surface area contributed by atoms with E-state index >= 15 is 0 Å². The minimum absolute atomic E-state index is 0.122. The van der Waals surface area contributed by atoms with Gasteiger partial charge in [0, 0.05) is 11.1 Å². The molecule has 28 heavy (non-hydrogen) atoms. The van der Waals surface area contributed by atoms with Crippen molar-refractivity contribution >= 4 is 5.78 Å². The van der Waals surface area contributed by atoms with E-state index in [2.05, 4.69) is 0 Å². The predicted octanol–water partition coefficient (Wildman–Crippen LogP) is 4.51. The van der Waals surface area contributed by atoms with Crippen LogP contribution in [0.15, 0.2) is 53.1 Å². The third-order valence-electron chi connectivity index (χ3n) is 4.17. The molecule has 0 atom stereocenters. The summed E-state index contributed by atoms with van der Waals surface area (Å²) in [4.78, 5) is 13.2. The third kappa shape index (κ3) is 3.64. The van der Waals surface area contributed by atoms with Crippen LogP contribution in [0.1, 0.15) is 15.9 Å². The van der Waals surface area contributed by atoms with Gasteiger partial charge in [0.25, 0.3) is 0 Å². The van der Waals surface area contributed by atoms with Gasteiger partial charge < -0.3 is 23.4 Å². The van der Waals surface area contributed by atoms with Gasteiger partial charge in [-0.2, -0.15) is 0 Å². The number of ether oxygens (including phenoxy) is 4. The van der Waals surface area contributed by atoms with Gasteiger partial charge in [0.2, 0.25) is 12.6 Å². The monoisotopic (exact) mass is 386 g/mol. The zero-order valence-corrected chi connectivity index (χ0v) is 15.7. The van der Waals surface area contributed by atoms with Crippen LogP contribution in [0, 0.1) is 0 Å². The first-order chi connectivity index (χ1) is 13.6. The molecule has 1 heterocycles. The van der Waals surface area contributed by atoms with Crippen molar-refractivity contribution in [1.29, 1.82) is 0 Å². The highest BCUT2D eigenvalue weighted by atomic mass is 19.1. The Morgan fingerprint density at radius 1 is 0.964 bits per heavy atom. The fourth-order valence-corrected chi connectivity index (χ4v) is 2.86. The van der Waals surface area contributed by atoms with Crippen LogP contribution >= 0.6 is 0 Å². The van der Waals surface area contributed by atoms with Crippen molar-refractivity contribution in [3.05, 3.63) is 59.9 Å². The maximum absolute atomic E-state index is 13.2. The number of hydrogen-bond donors (Lipinski definition) is 0. The lowest BCUT2D eigenvalue weighted by molar-refractivity contribution is 0.103. The van der Waals surface area contributed by atoms with Crippen molar-refractivity contribution in [2.45, 2.75) is 0 Å². The number of furan rings is 1. The van der Waals surface area contributed by atoms with Crippen molar-refractivity contribution in [2.24, 2.45) is 0 Å². The second-order valence-electron chi connectivity index (χ2n) is 5.68. The minimum atomic E-state index is -1.06. The van der Waals surface area contributed by atoms with E-state index < -0.39 is 12.6 Å². The molecule has 0 N–H and O–H groups in total. The highest BCUT2D eigenvalue weighted by molar-refractivity contribution is 6.12. The van der Waals surface area contributed by atoms with Crippen LogP contribution in [0.25, 0.3) is 11.3 Å². The molecule has 0 spiro atoms. The SMILES string of the molecule is COc1cc(C(=O)c2cc(-c3ccco3)ccc2OCF)cc(OC)c1OC. The molecule has 146 valence electrons. The van der Waals surface area contributed by atoms with Crippen LogP contribution in [0.4, 0.5) is 4.39 Å². The van der Waals surface area contributed by atoms with Crippen LogP contribution in [0.5, 0.6) is 23.0 Å². The topological polar surface area (TPSA) is 67.1 Å². The number of alkyl halides is 1. The van der Waals surface area contributed by atoms with Crippen LogP contribution in [-0.2, 0) is 0 Å². The number of methoxy groups -OCH3 is 3. The van der Waals surface area contributed by atoms with Crippen molar-refractivity contribution in [3.63, 3.8) is 0 Å². The second kappa shape index (κ2) is 8.47. The van der Waals surface area contributed by atoms with Crippen molar-refractivity contribution < 1.29 is 32.5 Å². The maximum Gasteiger partial charge on any atom is 0.228 e. The zero-order chi connectivity index (χ0) is 20.1. The van der Waals surface area contributed by atoms with Gasteiger partial charge in [0.1, 0.15) is 11.5 Å². The molecule has 7 heteroatoms. The number of carbonyl (C=O) groups excluding carboxylic acids is 1. The molecule has 0 bridgehead atoms. The molecule has 0 aliphatic carbocycles. The molecule has 0 unspecified atom stereocenters. The predicted molar refractivity (Wildman–Crippen MR) is 100 cm³/mol. The van der Waals surface area contributed by atoms with Gasteiger partial charge in [-0.3, -0.25) is 4.79 Å². The van der Waals surface area contributed by atoms with Crippen LogP contribution < -0.4 is 18.9 Å². The quantitative estimate of drug-likeness (QED) is 0.531. The van der Waals surface area contributed by atoms with Crippen molar-refractivity contribution in [3.8, 4) is 34.3 Å². The summed E-state index contributed by atoms with van der Waals surface area (Å²) in [7, 11) is 4.39. The molecule has 2 aromatic carbocycles. The maximum atomic E-state index is 13.2.